The van der Waals surface area contributed by atoms with E-state index >= 15 is 0 Å². The molecular formula is C13H28IN3OS. The van der Waals surface area contributed by atoms with E-state index in [2.05, 4.69) is 36.4 Å². The van der Waals surface area contributed by atoms with Crippen molar-refractivity contribution in [3.05, 3.63) is 0 Å². The van der Waals surface area contributed by atoms with E-state index in [4.69, 9.17) is 4.74 Å². The summed E-state index contributed by atoms with van der Waals surface area (Å²) < 4.78 is 5.79. The molecule has 0 aliphatic carbocycles. The molecular weight excluding hydrogens is 373 g/mol. The van der Waals surface area contributed by atoms with E-state index in [1.165, 1.54) is 0 Å². The zero-order valence-corrected chi connectivity index (χ0v) is 15.6. The number of thioether (sulfide) groups is 1. The summed E-state index contributed by atoms with van der Waals surface area (Å²) in [4.78, 5) is 4.26. The number of hydrogen-bond donors (Lipinski definition) is 2. The number of aliphatic imine (C=N–C) groups is 1. The molecule has 6 heteroatoms. The molecule has 0 radical (unpaired) electrons. The first-order valence-corrected chi connectivity index (χ1v) is 7.79. The Bertz CT molecular complexity index is 263. The zero-order chi connectivity index (χ0) is 13.4. The highest BCUT2D eigenvalue weighted by molar-refractivity contribution is 14.0. The molecule has 0 bridgehead atoms. The Morgan fingerprint density at radius 2 is 2.00 bits per heavy atom. The van der Waals surface area contributed by atoms with Gasteiger partial charge in [-0.2, -0.15) is 11.8 Å². The van der Waals surface area contributed by atoms with E-state index in [0.29, 0.717) is 10.8 Å². The van der Waals surface area contributed by atoms with Crippen molar-refractivity contribution in [1.29, 1.82) is 0 Å². The predicted molar refractivity (Wildman–Crippen MR) is 96.0 cm³/mol. The second-order valence-electron chi connectivity index (χ2n) is 4.95. The maximum Gasteiger partial charge on any atom is 0.191 e. The minimum atomic E-state index is 0. The number of ether oxygens (including phenoxy) is 1. The summed E-state index contributed by atoms with van der Waals surface area (Å²) in [6, 6.07) is 0.403. The highest BCUT2D eigenvalue weighted by Crippen LogP contribution is 2.34. The van der Waals surface area contributed by atoms with Crippen LogP contribution in [0.1, 0.15) is 33.6 Å². The Morgan fingerprint density at radius 3 is 2.47 bits per heavy atom. The summed E-state index contributed by atoms with van der Waals surface area (Å²) in [7, 11) is 1.82. The molecule has 2 N–H and O–H groups in total. The highest BCUT2D eigenvalue weighted by Gasteiger charge is 2.32. The monoisotopic (exact) mass is 401 g/mol. The third-order valence-corrected chi connectivity index (χ3v) is 4.54. The van der Waals surface area contributed by atoms with Gasteiger partial charge in [-0.15, -0.1) is 24.0 Å². The van der Waals surface area contributed by atoms with Gasteiger partial charge in [0, 0.05) is 37.6 Å². The lowest BCUT2D eigenvalue weighted by Gasteiger charge is -2.37. The fourth-order valence-electron chi connectivity index (χ4n) is 2.13. The number of guanidine groups is 1. The molecule has 0 aromatic heterocycles. The lowest BCUT2D eigenvalue weighted by molar-refractivity contribution is 0.0782. The number of nitrogens with one attached hydrogen (secondary N) is 2. The molecule has 0 amide bonds. The first kappa shape index (κ1) is 19.3. The van der Waals surface area contributed by atoms with Crippen LogP contribution in [-0.4, -0.2) is 49.3 Å². The van der Waals surface area contributed by atoms with Gasteiger partial charge in [0.25, 0.3) is 0 Å². The Morgan fingerprint density at radius 1 is 1.37 bits per heavy atom. The fraction of sp³-hybridized carbons (Fsp3) is 0.923. The van der Waals surface area contributed by atoms with Crippen molar-refractivity contribution in [2.24, 2.45) is 4.99 Å². The van der Waals surface area contributed by atoms with Crippen molar-refractivity contribution in [2.75, 3.05) is 32.6 Å². The maximum atomic E-state index is 5.48. The van der Waals surface area contributed by atoms with Crippen LogP contribution in [0.4, 0.5) is 0 Å². The summed E-state index contributed by atoms with van der Waals surface area (Å²) in [6.45, 7) is 9.19. The minimum Gasteiger partial charge on any atom is -0.381 e. The average molecular weight is 401 g/mol. The van der Waals surface area contributed by atoms with E-state index in [0.717, 1.165) is 44.3 Å². The van der Waals surface area contributed by atoms with Gasteiger partial charge in [0.1, 0.15) is 0 Å². The van der Waals surface area contributed by atoms with Crippen molar-refractivity contribution >= 4 is 41.7 Å². The van der Waals surface area contributed by atoms with Crippen molar-refractivity contribution < 1.29 is 4.74 Å². The van der Waals surface area contributed by atoms with Crippen LogP contribution in [-0.2, 0) is 4.74 Å². The van der Waals surface area contributed by atoms with Gasteiger partial charge in [0.05, 0.1) is 0 Å². The van der Waals surface area contributed by atoms with Crippen molar-refractivity contribution in [2.45, 2.75) is 44.4 Å². The van der Waals surface area contributed by atoms with Gasteiger partial charge >= 0.3 is 0 Å². The second kappa shape index (κ2) is 10.1. The van der Waals surface area contributed by atoms with E-state index in [1.54, 1.807) is 0 Å². The molecule has 0 saturated carbocycles. The van der Waals surface area contributed by atoms with E-state index in [9.17, 15) is 0 Å². The van der Waals surface area contributed by atoms with Crippen LogP contribution in [0.25, 0.3) is 0 Å². The highest BCUT2D eigenvalue weighted by atomic mass is 127. The van der Waals surface area contributed by atoms with E-state index in [1.807, 2.05) is 18.8 Å². The Kier molecular flexibility index (Phi) is 10.3. The quantitative estimate of drug-likeness (QED) is 0.422. The first-order valence-electron chi connectivity index (χ1n) is 6.81. The molecule has 0 aromatic rings. The Labute approximate surface area is 138 Å². The first-order chi connectivity index (χ1) is 8.62. The van der Waals surface area contributed by atoms with Gasteiger partial charge in [-0.1, -0.05) is 6.92 Å². The summed E-state index contributed by atoms with van der Waals surface area (Å²) in [5, 5.41) is 6.79. The van der Waals surface area contributed by atoms with Crippen LogP contribution in [0.5, 0.6) is 0 Å². The summed E-state index contributed by atoms with van der Waals surface area (Å²) in [5.41, 5.74) is 0. The third kappa shape index (κ3) is 7.04. The van der Waals surface area contributed by atoms with Gasteiger partial charge in [-0.3, -0.25) is 4.99 Å². The normalized spacial score (nSPS) is 18.9. The van der Waals surface area contributed by atoms with Crippen LogP contribution >= 0.6 is 35.7 Å². The van der Waals surface area contributed by atoms with Gasteiger partial charge in [-0.05, 0) is 32.4 Å². The Hall–Kier alpha value is 0.310. The van der Waals surface area contributed by atoms with E-state index < -0.39 is 0 Å². The molecule has 0 atom stereocenters. The topological polar surface area (TPSA) is 45.7 Å². The number of hydrogen-bond acceptors (Lipinski definition) is 3. The Balaban J connectivity index is 0.00000324. The predicted octanol–water partition coefficient (Wildman–Crippen LogP) is 2.48. The molecule has 1 aliphatic rings. The van der Waals surface area contributed by atoms with Crippen LogP contribution in [0, 0.1) is 0 Å². The van der Waals surface area contributed by atoms with Crippen LogP contribution in [0.3, 0.4) is 0 Å². The lowest BCUT2D eigenvalue weighted by Crippen LogP contribution is -2.49. The molecule has 1 fully saturated rings. The molecule has 1 rings (SSSR count). The van der Waals surface area contributed by atoms with Crippen molar-refractivity contribution in [3.8, 4) is 0 Å². The average Bonchev–Trinajstić information content (AvgIpc) is 2.35. The zero-order valence-electron chi connectivity index (χ0n) is 12.5. The molecule has 0 unspecified atom stereocenters. The van der Waals surface area contributed by atoms with Crippen molar-refractivity contribution in [1.82, 2.24) is 10.6 Å². The maximum absolute atomic E-state index is 5.48. The third-order valence-electron chi connectivity index (χ3n) is 3.08. The molecule has 0 spiro atoms. The second-order valence-corrected chi connectivity index (χ2v) is 6.69. The van der Waals surface area contributed by atoms with Gasteiger partial charge in [0.15, 0.2) is 5.96 Å². The van der Waals surface area contributed by atoms with E-state index in [-0.39, 0.29) is 24.0 Å². The molecule has 114 valence electrons. The summed E-state index contributed by atoms with van der Waals surface area (Å²) in [5.74, 6) is 2.05. The number of rotatable bonds is 5. The molecule has 0 aromatic carbocycles. The minimum absolute atomic E-state index is 0. The summed E-state index contributed by atoms with van der Waals surface area (Å²) in [6.07, 6.45) is 2.24. The van der Waals surface area contributed by atoms with Gasteiger partial charge in [-0.25, -0.2) is 0 Å². The molecule has 19 heavy (non-hydrogen) atoms. The number of halogens is 1. The molecule has 4 nitrogen and oxygen atoms in total. The largest absolute Gasteiger partial charge is 0.381 e. The van der Waals surface area contributed by atoms with Gasteiger partial charge < -0.3 is 15.4 Å². The van der Waals surface area contributed by atoms with Crippen LogP contribution < -0.4 is 10.6 Å². The molecule has 1 aliphatic heterocycles. The van der Waals surface area contributed by atoms with Crippen molar-refractivity contribution in [3.63, 3.8) is 0 Å². The number of nitrogens with zero attached hydrogens (tertiary/aromatic N) is 1. The lowest BCUT2D eigenvalue weighted by atomic mass is 9.99. The standard InChI is InChI=1S/C13H27N3OS.HI/c1-5-18-13(6-8-17-9-7-13)10-15-12(14-4)16-11(2)3;/h11H,5-10H2,1-4H3,(H2,14,15,16);1H. The van der Waals surface area contributed by atoms with Crippen LogP contribution in [0.2, 0.25) is 0 Å². The van der Waals surface area contributed by atoms with Crippen LogP contribution in [0.15, 0.2) is 4.99 Å². The fourth-order valence-corrected chi connectivity index (χ4v) is 3.38. The smallest absolute Gasteiger partial charge is 0.191 e. The van der Waals surface area contributed by atoms with Gasteiger partial charge in [0.2, 0.25) is 0 Å². The summed E-state index contributed by atoms with van der Waals surface area (Å²) >= 11 is 2.05. The SMILES string of the molecule is CCSC1(CNC(=NC)NC(C)C)CCOCC1.I. The molecule has 1 heterocycles. The molecule has 1 saturated heterocycles.